The van der Waals surface area contributed by atoms with Crippen LogP contribution in [0.5, 0.6) is 0 Å². The first-order chi connectivity index (χ1) is 27.4. The molecule has 3 atom stereocenters. The Labute approximate surface area is 326 Å². The number of rotatable bonds is 36. The molecule has 0 aromatic heterocycles. The van der Waals surface area contributed by atoms with Gasteiger partial charge in [-0.15, -0.1) is 0 Å². The molecule has 0 saturated carbocycles. The second kappa shape index (κ2) is 41.0. The molecule has 0 amide bonds. The van der Waals surface area contributed by atoms with E-state index >= 15 is 0 Å². The van der Waals surface area contributed by atoms with Crippen molar-refractivity contribution in [1.82, 2.24) is 0 Å². The summed E-state index contributed by atoms with van der Waals surface area (Å²) in [5, 5.41) is 18.9. The summed E-state index contributed by atoms with van der Waals surface area (Å²) in [6.45, 7) is -1.88. The molecule has 0 aliphatic rings. The number of carbonyl (C=O) groups excluding carboxylic acids is 1. The van der Waals surface area contributed by atoms with E-state index in [0.29, 0.717) is 25.7 Å². The molecule has 6 heteroatoms. The van der Waals surface area contributed by atoms with E-state index in [1.165, 1.54) is 38.5 Å². The zero-order valence-electron chi connectivity index (χ0n) is 37.8. The summed E-state index contributed by atoms with van der Waals surface area (Å²) in [5.74, 6) is -0.989. The number of hydrogen-bond donors (Lipinski definition) is 2. The van der Waals surface area contributed by atoms with Crippen LogP contribution in [0.4, 0.5) is 0 Å². The van der Waals surface area contributed by atoms with Gasteiger partial charge in [-0.3, -0.25) is 4.79 Å². The average Bonchev–Trinajstić information content (AvgIpc) is 3.17. The van der Waals surface area contributed by atoms with Crippen LogP contribution >= 0.6 is 0 Å². The molecule has 0 radical (unpaired) electrons. The zero-order chi connectivity index (χ0) is 42.5. The van der Waals surface area contributed by atoms with Gasteiger partial charge in [0.05, 0.1) is 39.3 Å². The van der Waals surface area contributed by atoms with Crippen LogP contribution in [0.25, 0.3) is 0 Å². The molecule has 0 aromatic carbocycles. The highest BCUT2D eigenvalue weighted by Gasteiger charge is 2.17. The second-order valence-corrected chi connectivity index (χ2v) is 12.7. The van der Waals surface area contributed by atoms with Crippen molar-refractivity contribution in [1.29, 1.82) is 0 Å². The topological polar surface area (TPSA) is 85.2 Å². The van der Waals surface area contributed by atoms with Crippen LogP contribution in [0.1, 0.15) is 150 Å². The molecule has 0 heterocycles. The maximum atomic E-state index is 12.9. The van der Waals surface area contributed by atoms with E-state index in [4.69, 9.17) is 26.2 Å². The number of esters is 1. The van der Waals surface area contributed by atoms with Gasteiger partial charge in [0.15, 0.2) is 0 Å². The fourth-order valence-electron chi connectivity index (χ4n) is 4.51. The van der Waals surface area contributed by atoms with Crippen molar-refractivity contribution >= 4 is 5.97 Å². The molecule has 0 saturated heterocycles. The van der Waals surface area contributed by atoms with Crippen LogP contribution in [-0.2, 0) is 19.0 Å². The third-order valence-electron chi connectivity index (χ3n) is 7.63. The van der Waals surface area contributed by atoms with Gasteiger partial charge in [0.1, 0.15) is 12.2 Å². The highest BCUT2D eigenvalue weighted by molar-refractivity contribution is 5.69. The molecule has 0 aromatic rings. The first-order valence-corrected chi connectivity index (χ1v) is 19.9. The van der Waals surface area contributed by atoms with Gasteiger partial charge in [-0.05, 0) is 96.8 Å². The number of hydrogen-bond acceptors (Lipinski definition) is 6. The van der Waals surface area contributed by atoms with E-state index < -0.39 is 50.6 Å². The lowest BCUT2D eigenvalue weighted by atomic mass is 10.2. The molecular formula is C46H76O6. The number of unbranched alkanes of at least 4 members (excludes halogenated alkanes) is 7. The number of aliphatic hydroxyl groups excluding tert-OH is 2. The molecule has 0 aliphatic carbocycles. The summed E-state index contributed by atoms with van der Waals surface area (Å²) < 4.78 is 58.6. The normalized spacial score (nSPS) is 17.2. The van der Waals surface area contributed by atoms with Crippen molar-refractivity contribution < 1.29 is 36.1 Å². The van der Waals surface area contributed by atoms with Crippen LogP contribution in [0.3, 0.4) is 0 Å². The summed E-state index contributed by atoms with van der Waals surface area (Å²) in [4.78, 5) is 12.9. The summed E-state index contributed by atoms with van der Waals surface area (Å²) in [5.41, 5.74) is 0. The van der Waals surface area contributed by atoms with E-state index in [-0.39, 0.29) is 6.42 Å². The zero-order valence-corrected chi connectivity index (χ0v) is 32.8. The Balaban J connectivity index is 4.93. The lowest BCUT2D eigenvalue weighted by Crippen LogP contribution is -2.32. The Morgan fingerprint density at radius 1 is 0.635 bits per heavy atom. The van der Waals surface area contributed by atoms with E-state index in [1.807, 2.05) is 24.3 Å². The predicted octanol–water partition coefficient (Wildman–Crippen LogP) is 11.6. The number of allylic oxidation sites excluding steroid dienone is 16. The van der Waals surface area contributed by atoms with Crippen LogP contribution in [0, 0.1) is 0 Å². The summed E-state index contributed by atoms with van der Waals surface area (Å²) in [7, 11) is 0. The summed E-state index contributed by atoms with van der Waals surface area (Å²) in [6, 6.07) is 0. The van der Waals surface area contributed by atoms with Crippen LogP contribution in [0.15, 0.2) is 97.2 Å². The van der Waals surface area contributed by atoms with Gasteiger partial charge in [0, 0.05) is 6.42 Å². The Morgan fingerprint density at radius 2 is 1.06 bits per heavy atom. The smallest absolute Gasteiger partial charge is 0.306 e. The molecule has 0 rings (SSSR count). The molecule has 0 fully saturated rings. The van der Waals surface area contributed by atoms with Gasteiger partial charge >= 0.3 is 5.97 Å². The number of carbonyl (C=O) groups is 1. The molecule has 0 spiro atoms. The monoisotopic (exact) mass is 730 g/mol. The van der Waals surface area contributed by atoms with E-state index in [9.17, 15) is 9.90 Å². The van der Waals surface area contributed by atoms with Crippen molar-refractivity contribution in [2.24, 2.45) is 0 Å². The molecular weight excluding hydrogens is 649 g/mol. The Bertz CT molecular complexity index is 1240. The third kappa shape index (κ3) is 38.5. The van der Waals surface area contributed by atoms with Gasteiger partial charge in [-0.2, -0.15) is 0 Å². The fourth-order valence-corrected chi connectivity index (χ4v) is 4.51. The van der Waals surface area contributed by atoms with E-state index in [2.05, 4.69) is 86.8 Å². The van der Waals surface area contributed by atoms with Crippen molar-refractivity contribution in [2.45, 2.75) is 161 Å². The van der Waals surface area contributed by atoms with Crippen molar-refractivity contribution in [3.63, 3.8) is 0 Å². The molecule has 6 nitrogen and oxygen atoms in total. The SMILES string of the molecule is [2H]C([2H])(OCC(O)CO)C([2H])(OC(=O)CCCC=CCC=CCC=CCC=CCCCCC)C([2H])([2H])OC(C)CCC=CCC=CCC=CCC=CCCCCC. The number of ether oxygens (including phenoxy) is 3. The Morgan fingerprint density at radius 3 is 1.50 bits per heavy atom. The lowest BCUT2D eigenvalue weighted by molar-refractivity contribution is -0.158. The minimum absolute atomic E-state index is 0.189. The molecule has 2 N–H and O–H groups in total. The van der Waals surface area contributed by atoms with Gasteiger partial charge in [-0.25, -0.2) is 0 Å². The third-order valence-corrected chi connectivity index (χ3v) is 7.63. The van der Waals surface area contributed by atoms with Crippen LogP contribution < -0.4 is 0 Å². The molecule has 52 heavy (non-hydrogen) atoms. The molecule has 296 valence electrons. The van der Waals surface area contributed by atoms with Crippen molar-refractivity contribution in [3.8, 4) is 0 Å². The summed E-state index contributed by atoms with van der Waals surface area (Å²) >= 11 is 0. The highest BCUT2D eigenvalue weighted by atomic mass is 16.6. The maximum Gasteiger partial charge on any atom is 0.306 e. The largest absolute Gasteiger partial charge is 0.457 e. The van der Waals surface area contributed by atoms with Crippen LogP contribution in [0.2, 0.25) is 0 Å². The van der Waals surface area contributed by atoms with Gasteiger partial charge < -0.3 is 24.4 Å². The van der Waals surface area contributed by atoms with Gasteiger partial charge in [-0.1, -0.05) is 137 Å². The van der Waals surface area contributed by atoms with Crippen LogP contribution in [-0.4, -0.2) is 60.8 Å². The maximum absolute atomic E-state index is 12.9. The quantitative estimate of drug-likeness (QED) is 0.0379. The Hall–Kier alpha value is -2.77. The molecule has 3 unspecified atom stereocenters. The predicted molar refractivity (Wildman–Crippen MR) is 221 cm³/mol. The lowest BCUT2D eigenvalue weighted by Gasteiger charge is -2.21. The van der Waals surface area contributed by atoms with Gasteiger partial charge in [0.2, 0.25) is 0 Å². The summed E-state index contributed by atoms with van der Waals surface area (Å²) in [6.07, 6.45) is 44.6. The van der Waals surface area contributed by atoms with Crippen molar-refractivity contribution in [3.05, 3.63) is 97.2 Å². The van der Waals surface area contributed by atoms with E-state index in [1.54, 1.807) is 6.92 Å². The minimum Gasteiger partial charge on any atom is -0.457 e. The fraction of sp³-hybridized carbons (Fsp3) is 0.630. The van der Waals surface area contributed by atoms with Gasteiger partial charge in [0.25, 0.3) is 0 Å². The van der Waals surface area contributed by atoms with E-state index in [0.717, 1.165) is 51.4 Å². The molecule has 0 aliphatic heterocycles. The molecule has 0 bridgehead atoms. The standard InChI is InChI=1S/C46H76O6/c1-4-6-8-10-12-14-16-18-20-22-24-26-28-30-32-34-36-38-46(49)52-45(41-50-40-44(48)39-47)42-51-43(3)37-35-33-31-29-27-25-23-21-19-17-15-13-11-9-7-5-2/h12-15,18-21,24-27,30-33,43-45,47-48H,4-11,16-17,22-23,28-29,34-42H2,1-3H3/i41D2,42D2,45D. The average molecular weight is 730 g/mol. The first kappa shape index (κ1) is 40.4. The Kier molecular flexibility index (Phi) is 31.9. The first-order valence-electron chi connectivity index (χ1n) is 22.4. The number of aliphatic hydroxyl groups is 2. The minimum atomic E-state index is -3.29. The second-order valence-electron chi connectivity index (χ2n) is 12.7. The highest BCUT2D eigenvalue weighted by Crippen LogP contribution is 2.09. The van der Waals surface area contributed by atoms with Crippen molar-refractivity contribution in [2.75, 3.05) is 26.3 Å².